The number of nitrogens with zero attached hydrogens (tertiary/aromatic N) is 1. The fraction of sp³-hybridized carbons (Fsp3) is 0.188. The van der Waals surface area contributed by atoms with Crippen LogP contribution in [0.3, 0.4) is 0 Å². The van der Waals surface area contributed by atoms with E-state index in [4.69, 9.17) is 4.74 Å². The molecule has 118 valence electrons. The van der Waals surface area contributed by atoms with Crippen molar-refractivity contribution >= 4 is 27.5 Å². The van der Waals surface area contributed by atoms with Gasteiger partial charge in [0.25, 0.3) is 5.56 Å². The SMILES string of the molecule is CCOC(=O)Cc1nc2scc(-c3ccc(F)cc3)c2c(=O)[nH]1. The topological polar surface area (TPSA) is 72.0 Å². The molecular weight excluding hydrogens is 319 g/mol. The molecule has 0 aliphatic rings. The number of rotatable bonds is 4. The number of hydrogen-bond donors (Lipinski definition) is 1. The maximum atomic E-state index is 13.0. The summed E-state index contributed by atoms with van der Waals surface area (Å²) in [4.78, 5) is 31.3. The quantitative estimate of drug-likeness (QED) is 0.746. The van der Waals surface area contributed by atoms with Gasteiger partial charge in [-0.15, -0.1) is 11.3 Å². The molecule has 0 bridgehead atoms. The maximum Gasteiger partial charge on any atom is 0.313 e. The summed E-state index contributed by atoms with van der Waals surface area (Å²) < 4.78 is 17.9. The largest absolute Gasteiger partial charge is 0.466 e. The highest BCUT2D eigenvalue weighted by Crippen LogP contribution is 2.30. The molecule has 5 nitrogen and oxygen atoms in total. The summed E-state index contributed by atoms with van der Waals surface area (Å²) in [5.41, 5.74) is 1.11. The number of nitrogens with one attached hydrogen (secondary N) is 1. The van der Waals surface area contributed by atoms with Crippen LogP contribution in [-0.2, 0) is 16.0 Å². The Balaban J connectivity index is 2.03. The summed E-state index contributed by atoms with van der Waals surface area (Å²) in [5, 5.41) is 2.24. The highest BCUT2D eigenvalue weighted by atomic mass is 32.1. The predicted molar refractivity (Wildman–Crippen MR) is 86.0 cm³/mol. The van der Waals surface area contributed by atoms with Crippen molar-refractivity contribution in [1.29, 1.82) is 0 Å². The van der Waals surface area contributed by atoms with E-state index in [2.05, 4.69) is 9.97 Å². The van der Waals surface area contributed by atoms with Crippen molar-refractivity contribution in [1.82, 2.24) is 9.97 Å². The van der Waals surface area contributed by atoms with E-state index in [1.807, 2.05) is 0 Å². The van der Waals surface area contributed by atoms with E-state index < -0.39 is 5.97 Å². The Hall–Kier alpha value is -2.54. The Labute approximate surface area is 134 Å². The van der Waals surface area contributed by atoms with Crippen LogP contribution in [-0.4, -0.2) is 22.5 Å². The highest BCUT2D eigenvalue weighted by Gasteiger charge is 2.14. The minimum Gasteiger partial charge on any atom is -0.466 e. The second kappa shape index (κ2) is 6.29. The molecule has 1 N–H and O–H groups in total. The number of halogens is 1. The zero-order valence-corrected chi connectivity index (χ0v) is 13.1. The number of H-pyrrole nitrogens is 1. The van der Waals surface area contributed by atoms with Crippen molar-refractivity contribution in [3.05, 3.63) is 51.6 Å². The van der Waals surface area contributed by atoms with E-state index in [1.165, 1.54) is 23.5 Å². The molecule has 0 aliphatic carbocycles. The van der Waals surface area contributed by atoms with Crippen LogP contribution in [0.15, 0.2) is 34.4 Å². The van der Waals surface area contributed by atoms with Gasteiger partial charge >= 0.3 is 5.97 Å². The minimum absolute atomic E-state index is 0.0806. The minimum atomic E-state index is -0.440. The summed E-state index contributed by atoms with van der Waals surface area (Å²) in [6.45, 7) is 1.99. The summed E-state index contributed by atoms with van der Waals surface area (Å²) in [6.07, 6.45) is -0.0806. The normalized spacial score (nSPS) is 10.9. The molecule has 0 saturated carbocycles. The first kappa shape index (κ1) is 15.4. The van der Waals surface area contributed by atoms with Gasteiger partial charge in [0, 0.05) is 10.9 Å². The number of fused-ring (bicyclic) bond motifs is 1. The molecule has 3 aromatic rings. The molecule has 0 spiro atoms. The Morgan fingerprint density at radius 1 is 1.35 bits per heavy atom. The molecule has 2 aromatic heterocycles. The number of ether oxygens (including phenoxy) is 1. The molecule has 0 fully saturated rings. The number of hydrogen-bond acceptors (Lipinski definition) is 5. The third-order valence-electron chi connectivity index (χ3n) is 3.27. The van der Waals surface area contributed by atoms with E-state index in [9.17, 15) is 14.0 Å². The molecule has 0 amide bonds. The van der Waals surface area contributed by atoms with Crippen LogP contribution in [0.5, 0.6) is 0 Å². The average Bonchev–Trinajstić information content (AvgIpc) is 2.92. The third kappa shape index (κ3) is 3.14. The number of esters is 1. The lowest BCUT2D eigenvalue weighted by Crippen LogP contribution is -2.16. The van der Waals surface area contributed by atoms with Gasteiger partial charge in [-0.25, -0.2) is 9.37 Å². The molecule has 3 rings (SSSR count). The van der Waals surface area contributed by atoms with Crippen LogP contribution in [0.25, 0.3) is 21.3 Å². The second-order valence-electron chi connectivity index (χ2n) is 4.83. The Morgan fingerprint density at radius 2 is 2.09 bits per heavy atom. The van der Waals surface area contributed by atoms with Crippen LogP contribution in [0.4, 0.5) is 4.39 Å². The molecule has 0 atom stereocenters. The van der Waals surface area contributed by atoms with Gasteiger partial charge < -0.3 is 9.72 Å². The van der Waals surface area contributed by atoms with Crippen molar-refractivity contribution in [2.24, 2.45) is 0 Å². The smallest absolute Gasteiger partial charge is 0.313 e. The monoisotopic (exact) mass is 332 g/mol. The Bertz CT molecular complexity index is 915. The van der Waals surface area contributed by atoms with E-state index >= 15 is 0 Å². The number of carbonyl (C=O) groups is 1. The Morgan fingerprint density at radius 3 is 2.78 bits per heavy atom. The molecule has 1 aromatic carbocycles. The predicted octanol–water partition coefficient (Wildman–Crippen LogP) is 2.90. The lowest BCUT2D eigenvalue weighted by Gasteiger charge is -2.02. The van der Waals surface area contributed by atoms with Crippen LogP contribution in [0, 0.1) is 5.82 Å². The lowest BCUT2D eigenvalue weighted by atomic mass is 10.1. The van der Waals surface area contributed by atoms with Gasteiger partial charge in [0.2, 0.25) is 0 Å². The molecule has 7 heteroatoms. The highest BCUT2D eigenvalue weighted by molar-refractivity contribution is 7.17. The van der Waals surface area contributed by atoms with Crippen molar-refractivity contribution in [2.75, 3.05) is 6.61 Å². The molecule has 0 saturated heterocycles. The molecule has 0 radical (unpaired) electrons. The second-order valence-corrected chi connectivity index (χ2v) is 5.69. The fourth-order valence-corrected chi connectivity index (χ4v) is 3.23. The van der Waals surface area contributed by atoms with Crippen molar-refractivity contribution in [2.45, 2.75) is 13.3 Å². The first-order valence-corrected chi connectivity index (χ1v) is 7.88. The zero-order chi connectivity index (χ0) is 16.4. The standard InChI is InChI=1S/C16H13FN2O3S/c1-2-22-13(20)7-12-18-15(21)14-11(8-23-16(14)19-12)9-3-5-10(17)6-4-9/h3-6,8H,2,7H2,1H3,(H,18,19,21). The molecular formula is C16H13FN2O3S. The van der Waals surface area contributed by atoms with E-state index in [0.717, 1.165) is 5.56 Å². The van der Waals surface area contributed by atoms with Gasteiger partial charge in [-0.05, 0) is 24.6 Å². The average molecular weight is 332 g/mol. The van der Waals surface area contributed by atoms with Crippen molar-refractivity contribution in [3.63, 3.8) is 0 Å². The van der Waals surface area contributed by atoms with Gasteiger partial charge in [0.15, 0.2) is 0 Å². The number of benzene rings is 1. The first-order chi connectivity index (χ1) is 11.1. The van der Waals surface area contributed by atoms with E-state index in [0.29, 0.717) is 15.8 Å². The summed E-state index contributed by atoms with van der Waals surface area (Å²) >= 11 is 1.30. The van der Waals surface area contributed by atoms with Crippen molar-refractivity contribution < 1.29 is 13.9 Å². The molecule has 0 unspecified atom stereocenters. The Kier molecular flexibility index (Phi) is 4.20. The van der Waals surface area contributed by atoms with Gasteiger partial charge in [-0.1, -0.05) is 12.1 Å². The van der Waals surface area contributed by atoms with Gasteiger partial charge in [-0.3, -0.25) is 9.59 Å². The summed E-state index contributed by atoms with van der Waals surface area (Å²) in [6, 6.07) is 5.91. The van der Waals surface area contributed by atoms with Crippen LogP contribution < -0.4 is 5.56 Å². The van der Waals surface area contributed by atoms with Crippen LogP contribution in [0.2, 0.25) is 0 Å². The van der Waals surface area contributed by atoms with Gasteiger partial charge in [-0.2, -0.15) is 0 Å². The van der Waals surface area contributed by atoms with Gasteiger partial charge in [0.05, 0.1) is 12.0 Å². The van der Waals surface area contributed by atoms with Gasteiger partial charge in [0.1, 0.15) is 22.9 Å². The third-order valence-corrected chi connectivity index (χ3v) is 4.14. The fourth-order valence-electron chi connectivity index (χ4n) is 2.27. The number of carbonyl (C=O) groups excluding carboxylic acids is 1. The number of aromatic amines is 1. The van der Waals surface area contributed by atoms with E-state index in [1.54, 1.807) is 24.4 Å². The van der Waals surface area contributed by atoms with E-state index in [-0.39, 0.29) is 30.2 Å². The first-order valence-electron chi connectivity index (χ1n) is 7.00. The zero-order valence-electron chi connectivity index (χ0n) is 12.3. The number of aromatic nitrogens is 2. The van der Waals surface area contributed by atoms with Crippen LogP contribution >= 0.6 is 11.3 Å². The lowest BCUT2D eigenvalue weighted by molar-refractivity contribution is -0.142. The molecule has 23 heavy (non-hydrogen) atoms. The number of thiophene rings is 1. The summed E-state index contributed by atoms with van der Waals surface area (Å²) in [7, 11) is 0. The molecule has 0 aliphatic heterocycles. The van der Waals surface area contributed by atoms with Crippen molar-refractivity contribution in [3.8, 4) is 11.1 Å². The molecule has 2 heterocycles. The maximum absolute atomic E-state index is 13.0. The summed E-state index contributed by atoms with van der Waals surface area (Å²) in [5.74, 6) is -0.504. The van der Waals surface area contributed by atoms with Crippen LogP contribution in [0.1, 0.15) is 12.7 Å².